The van der Waals surface area contributed by atoms with Gasteiger partial charge in [-0.05, 0) is 75.7 Å². The van der Waals surface area contributed by atoms with Crippen LogP contribution < -0.4 is 9.47 Å². The molecule has 1 heterocycles. The molecule has 2 aromatic carbocycles. The number of hydrogen-bond donors (Lipinski definition) is 0. The van der Waals surface area contributed by atoms with Crippen molar-refractivity contribution in [2.75, 3.05) is 0 Å². The maximum atomic E-state index is 11.5. The van der Waals surface area contributed by atoms with Crippen LogP contribution in [0, 0.1) is 6.92 Å². The van der Waals surface area contributed by atoms with Crippen LogP contribution in [0.15, 0.2) is 48.5 Å². The molecule has 128 valence electrons. The molecular weight excluding hydrogens is 314 g/mol. The lowest BCUT2D eigenvalue weighted by atomic mass is 10.1. The minimum Gasteiger partial charge on any atom is -0.491 e. The molecule has 1 aromatic heterocycles. The Morgan fingerprint density at radius 3 is 2.52 bits per heavy atom. The normalized spacial score (nSPS) is 10.9. The highest BCUT2D eigenvalue weighted by Gasteiger charge is 2.07. The van der Waals surface area contributed by atoms with Crippen LogP contribution in [0.25, 0.3) is 10.9 Å². The summed E-state index contributed by atoms with van der Waals surface area (Å²) in [4.78, 5) is 16.0. The van der Waals surface area contributed by atoms with Gasteiger partial charge in [0.25, 0.3) is 0 Å². The predicted molar refractivity (Wildman–Crippen MR) is 98.8 cm³/mol. The zero-order valence-corrected chi connectivity index (χ0v) is 14.9. The van der Waals surface area contributed by atoms with Crippen molar-refractivity contribution in [3.8, 4) is 17.4 Å². The SMILES string of the molecule is CC(=O)c1ccc2nc(Oc3ccc(OC(C)C)c(C)c3)ccc2c1. The number of aromatic nitrogens is 1. The third-order valence-corrected chi connectivity index (χ3v) is 3.80. The molecule has 0 bridgehead atoms. The van der Waals surface area contributed by atoms with Gasteiger partial charge in [0.2, 0.25) is 5.88 Å². The molecule has 4 heteroatoms. The summed E-state index contributed by atoms with van der Waals surface area (Å²) in [5.74, 6) is 2.12. The van der Waals surface area contributed by atoms with E-state index in [1.165, 1.54) is 0 Å². The second-order valence-electron chi connectivity index (χ2n) is 6.31. The van der Waals surface area contributed by atoms with Crippen LogP contribution in [0.3, 0.4) is 0 Å². The highest BCUT2D eigenvalue weighted by molar-refractivity contribution is 5.97. The number of benzene rings is 2. The van der Waals surface area contributed by atoms with Gasteiger partial charge in [-0.25, -0.2) is 4.98 Å². The number of hydrogen-bond acceptors (Lipinski definition) is 4. The Kier molecular flexibility index (Phi) is 4.70. The van der Waals surface area contributed by atoms with Gasteiger partial charge in [0.05, 0.1) is 11.6 Å². The molecular formula is C21H21NO3. The fraction of sp³-hybridized carbons (Fsp3) is 0.238. The summed E-state index contributed by atoms with van der Waals surface area (Å²) in [7, 11) is 0. The lowest BCUT2D eigenvalue weighted by Crippen LogP contribution is -2.06. The quantitative estimate of drug-likeness (QED) is 0.592. The Morgan fingerprint density at radius 1 is 1.04 bits per heavy atom. The van der Waals surface area contributed by atoms with Crippen molar-refractivity contribution in [3.05, 3.63) is 59.7 Å². The summed E-state index contributed by atoms with van der Waals surface area (Å²) in [5.41, 5.74) is 2.48. The maximum absolute atomic E-state index is 11.5. The zero-order chi connectivity index (χ0) is 18.0. The molecule has 0 saturated heterocycles. The molecule has 3 rings (SSSR count). The van der Waals surface area contributed by atoms with Gasteiger partial charge in [0, 0.05) is 17.0 Å². The van der Waals surface area contributed by atoms with Crippen LogP contribution in [0.2, 0.25) is 0 Å². The van der Waals surface area contributed by atoms with Gasteiger partial charge < -0.3 is 9.47 Å². The van der Waals surface area contributed by atoms with E-state index in [1.54, 1.807) is 19.1 Å². The molecule has 0 aliphatic rings. The summed E-state index contributed by atoms with van der Waals surface area (Å²) in [5, 5.41) is 0.914. The first-order chi connectivity index (χ1) is 11.9. The first kappa shape index (κ1) is 17.0. The van der Waals surface area contributed by atoms with Crippen molar-refractivity contribution in [1.82, 2.24) is 4.98 Å². The second kappa shape index (κ2) is 6.93. The number of pyridine rings is 1. The van der Waals surface area contributed by atoms with Crippen LogP contribution in [0.5, 0.6) is 17.4 Å². The van der Waals surface area contributed by atoms with Crippen LogP contribution in [0.4, 0.5) is 0 Å². The molecule has 0 atom stereocenters. The van der Waals surface area contributed by atoms with E-state index in [2.05, 4.69) is 4.98 Å². The minimum atomic E-state index is 0.0430. The Bertz CT molecular complexity index is 932. The number of ketones is 1. The molecule has 0 saturated carbocycles. The molecule has 0 fully saturated rings. The first-order valence-electron chi connectivity index (χ1n) is 8.29. The molecule has 0 amide bonds. The summed E-state index contributed by atoms with van der Waals surface area (Å²) in [6, 6.07) is 14.9. The molecule has 0 spiro atoms. The van der Waals surface area contributed by atoms with Gasteiger partial charge >= 0.3 is 0 Å². The number of fused-ring (bicyclic) bond motifs is 1. The van der Waals surface area contributed by atoms with Crippen LogP contribution in [-0.2, 0) is 0 Å². The largest absolute Gasteiger partial charge is 0.491 e. The van der Waals surface area contributed by atoms with Gasteiger partial charge in [0.15, 0.2) is 5.78 Å². The van der Waals surface area contributed by atoms with Gasteiger partial charge in [-0.2, -0.15) is 0 Å². The van der Waals surface area contributed by atoms with E-state index in [4.69, 9.17) is 9.47 Å². The number of carbonyl (C=O) groups is 1. The zero-order valence-electron chi connectivity index (χ0n) is 14.9. The molecule has 0 aliphatic heterocycles. The van der Waals surface area contributed by atoms with Crippen molar-refractivity contribution in [2.24, 2.45) is 0 Å². The number of Topliss-reactive ketones (excluding diaryl/α,β-unsaturated/α-hetero) is 1. The van der Waals surface area contributed by atoms with Gasteiger partial charge in [-0.15, -0.1) is 0 Å². The fourth-order valence-electron chi connectivity index (χ4n) is 2.58. The van der Waals surface area contributed by atoms with Gasteiger partial charge in [0.1, 0.15) is 11.5 Å². The number of ether oxygens (including phenoxy) is 2. The molecule has 3 aromatic rings. The van der Waals surface area contributed by atoms with Gasteiger partial charge in [-0.1, -0.05) is 0 Å². The third-order valence-electron chi connectivity index (χ3n) is 3.80. The molecule has 25 heavy (non-hydrogen) atoms. The van der Waals surface area contributed by atoms with Crippen molar-refractivity contribution in [2.45, 2.75) is 33.8 Å². The standard InChI is InChI=1S/C21H21NO3/c1-13(2)24-20-9-7-18(11-14(20)3)25-21-10-6-17-12-16(15(4)23)5-8-19(17)22-21/h5-13H,1-4H3. The lowest BCUT2D eigenvalue weighted by Gasteiger charge is -2.13. The van der Waals surface area contributed by atoms with Gasteiger partial charge in [-0.3, -0.25) is 4.79 Å². The highest BCUT2D eigenvalue weighted by Crippen LogP contribution is 2.28. The number of rotatable bonds is 5. The predicted octanol–water partition coefficient (Wildman–Crippen LogP) is 5.33. The topological polar surface area (TPSA) is 48.4 Å². The molecule has 0 unspecified atom stereocenters. The number of aryl methyl sites for hydroxylation is 1. The summed E-state index contributed by atoms with van der Waals surface area (Å²) >= 11 is 0. The van der Waals surface area contributed by atoms with Crippen LogP contribution in [0.1, 0.15) is 36.7 Å². The van der Waals surface area contributed by atoms with E-state index in [-0.39, 0.29) is 11.9 Å². The number of carbonyl (C=O) groups excluding carboxylic acids is 1. The van der Waals surface area contributed by atoms with E-state index < -0.39 is 0 Å². The number of nitrogens with zero attached hydrogens (tertiary/aromatic N) is 1. The van der Waals surface area contributed by atoms with E-state index >= 15 is 0 Å². The van der Waals surface area contributed by atoms with E-state index in [1.807, 2.05) is 57.2 Å². The van der Waals surface area contributed by atoms with E-state index in [0.29, 0.717) is 17.2 Å². The summed E-state index contributed by atoms with van der Waals surface area (Å²) in [6.45, 7) is 7.55. The lowest BCUT2D eigenvalue weighted by molar-refractivity contribution is 0.101. The van der Waals surface area contributed by atoms with Crippen LogP contribution >= 0.6 is 0 Å². The maximum Gasteiger partial charge on any atom is 0.219 e. The molecule has 0 N–H and O–H groups in total. The average Bonchev–Trinajstić information content (AvgIpc) is 2.56. The Balaban J connectivity index is 1.84. The molecule has 4 nitrogen and oxygen atoms in total. The van der Waals surface area contributed by atoms with Crippen molar-refractivity contribution < 1.29 is 14.3 Å². The van der Waals surface area contributed by atoms with Crippen molar-refractivity contribution in [1.29, 1.82) is 0 Å². The second-order valence-corrected chi connectivity index (χ2v) is 6.31. The average molecular weight is 335 g/mol. The Morgan fingerprint density at radius 2 is 1.84 bits per heavy atom. The summed E-state index contributed by atoms with van der Waals surface area (Å²) in [6.07, 6.45) is 0.132. The molecule has 0 aliphatic carbocycles. The van der Waals surface area contributed by atoms with Crippen molar-refractivity contribution >= 4 is 16.7 Å². The fourth-order valence-corrected chi connectivity index (χ4v) is 2.58. The minimum absolute atomic E-state index is 0.0430. The van der Waals surface area contributed by atoms with E-state index in [0.717, 1.165) is 22.2 Å². The third kappa shape index (κ3) is 3.97. The van der Waals surface area contributed by atoms with Crippen LogP contribution in [-0.4, -0.2) is 16.9 Å². The van der Waals surface area contributed by atoms with Crippen molar-refractivity contribution in [3.63, 3.8) is 0 Å². The molecule has 0 radical (unpaired) electrons. The Labute approximate surface area is 147 Å². The first-order valence-corrected chi connectivity index (χ1v) is 8.29. The monoisotopic (exact) mass is 335 g/mol. The highest BCUT2D eigenvalue weighted by atomic mass is 16.5. The smallest absolute Gasteiger partial charge is 0.219 e. The van der Waals surface area contributed by atoms with E-state index in [9.17, 15) is 4.79 Å². The Hall–Kier alpha value is -2.88. The summed E-state index contributed by atoms with van der Waals surface area (Å²) < 4.78 is 11.6.